The van der Waals surface area contributed by atoms with Crippen molar-refractivity contribution in [2.45, 2.75) is 25.8 Å². The topological polar surface area (TPSA) is 106 Å². The minimum atomic E-state index is -0.457. The second-order valence-electron chi connectivity index (χ2n) is 6.25. The number of carbonyl (C=O) groups excluding carboxylic acids is 3. The maximum Gasteiger partial charge on any atom is 0.409 e. The van der Waals surface area contributed by atoms with E-state index in [1.54, 1.807) is 30.0 Å². The van der Waals surface area contributed by atoms with E-state index in [4.69, 9.17) is 14.2 Å². The van der Waals surface area contributed by atoms with Gasteiger partial charge in [-0.15, -0.1) is 0 Å². The molecule has 1 aromatic rings. The summed E-state index contributed by atoms with van der Waals surface area (Å²) in [5.41, 5.74) is 0.239. The van der Waals surface area contributed by atoms with Gasteiger partial charge in [0.05, 0.1) is 27.4 Å². The Labute approximate surface area is 164 Å². The molecule has 0 atom stereocenters. The number of likely N-dealkylation sites (tertiary alicyclic amines) is 1. The van der Waals surface area contributed by atoms with Crippen LogP contribution in [0.3, 0.4) is 0 Å². The zero-order valence-electron chi connectivity index (χ0n) is 16.4. The Kier molecular flexibility index (Phi) is 7.91. The molecular formula is C19H27N3O6. The van der Waals surface area contributed by atoms with Crippen molar-refractivity contribution in [2.75, 3.05) is 40.5 Å². The minimum absolute atomic E-state index is 0.0455. The summed E-state index contributed by atoms with van der Waals surface area (Å²) >= 11 is 0. The maximum absolute atomic E-state index is 12.5. The van der Waals surface area contributed by atoms with E-state index in [-0.39, 0.29) is 30.2 Å². The molecule has 0 aromatic heterocycles. The molecule has 3 amide bonds. The van der Waals surface area contributed by atoms with E-state index < -0.39 is 5.91 Å². The summed E-state index contributed by atoms with van der Waals surface area (Å²) in [5.74, 6) is -0.0226. The number of nitrogens with one attached hydrogen (secondary N) is 2. The number of rotatable bonds is 7. The van der Waals surface area contributed by atoms with Gasteiger partial charge in [-0.05, 0) is 31.9 Å². The summed E-state index contributed by atoms with van der Waals surface area (Å²) in [4.78, 5) is 38.0. The summed E-state index contributed by atoms with van der Waals surface area (Å²) in [7, 11) is 2.92. The standard InChI is InChI=1S/C19H27N3O6/c1-4-28-19(25)22-10-8-13(9-11-22)21-16(23)12-20-18(24)17-14(26-2)6-5-7-15(17)27-3/h5-7,13H,4,8-12H2,1-3H3,(H,20,24)(H,21,23). The molecule has 1 aliphatic rings. The van der Waals surface area contributed by atoms with Crippen LogP contribution in [0.2, 0.25) is 0 Å². The number of amides is 3. The van der Waals surface area contributed by atoms with Crippen LogP contribution in [0, 0.1) is 0 Å². The molecule has 1 aliphatic heterocycles. The second-order valence-corrected chi connectivity index (χ2v) is 6.25. The first-order valence-corrected chi connectivity index (χ1v) is 9.20. The van der Waals surface area contributed by atoms with Crippen LogP contribution < -0.4 is 20.1 Å². The van der Waals surface area contributed by atoms with Crippen molar-refractivity contribution in [3.8, 4) is 11.5 Å². The predicted molar refractivity (Wildman–Crippen MR) is 102 cm³/mol. The molecule has 9 nitrogen and oxygen atoms in total. The molecule has 0 unspecified atom stereocenters. The largest absolute Gasteiger partial charge is 0.496 e. The summed E-state index contributed by atoms with van der Waals surface area (Å²) in [6.45, 7) is 2.98. The lowest BCUT2D eigenvalue weighted by Crippen LogP contribution is -2.48. The predicted octanol–water partition coefficient (Wildman–Crippen LogP) is 1.17. The SMILES string of the molecule is CCOC(=O)N1CCC(NC(=O)CNC(=O)c2c(OC)cccc2OC)CC1. The lowest BCUT2D eigenvalue weighted by Gasteiger charge is -2.31. The number of hydrogen-bond acceptors (Lipinski definition) is 6. The average Bonchev–Trinajstić information content (AvgIpc) is 2.72. The fourth-order valence-corrected chi connectivity index (χ4v) is 3.02. The first kappa shape index (κ1) is 21.3. The van der Waals surface area contributed by atoms with Gasteiger partial charge in [0.2, 0.25) is 5.91 Å². The van der Waals surface area contributed by atoms with Gasteiger partial charge in [0.15, 0.2) is 0 Å². The van der Waals surface area contributed by atoms with Gasteiger partial charge in [0.25, 0.3) is 5.91 Å². The van der Waals surface area contributed by atoms with E-state index >= 15 is 0 Å². The third-order valence-corrected chi connectivity index (χ3v) is 4.45. The van der Waals surface area contributed by atoms with E-state index in [9.17, 15) is 14.4 Å². The van der Waals surface area contributed by atoms with Gasteiger partial charge in [-0.3, -0.25) is 9.59 Å². The monoisotopic (exact) mass is 393 g/mol. The van der Waals surface area contributed by atoms with E-state index in [1.807, 2.05) is 0 Å². The Bertz CT molecular complexity index is 679. The van der Waals surface area contributed by atoms with Gasteiger partial charge in [0.1, 0.15) is 17.1 Å². The molecule has 0 radical (unpaired) electrons. The molecule has 154 valence electrons. The number of piperidine rings is 1. The van der Waals surface area contributed by atoms with Gasteiger partial charge in [-0.2, -0.15) is 0 Å². The summed E-state index contributed by atoms with van der Waals surface area (Å²) in [6, 6.07) is 4.96. The summed E-state index contributed by atoms with van der Waals surface area (Å²) in [6.07, 6.45) is 0.947. The van der Waals surface area contributed by atoms with Crippen molar-refractivity contribution in [3.05, 3.63) is 23.8 Å². The molecule has 28 heavy (non-hydrogen) atoms. The number of ether oxygens (including phenoxy) is 3. The second kappa shape index (κ2) is 10.4. The third-order valence-electron chi connectivity index (χ3n) is 4.45. The Balaban J connectivity index is 1.82. The molecule has 1 fully saturated rings. The maximum atomic E-state index is 12.5. The average molecular weight is 393 g/mol. The first-order chi connectivity index (χ1) is 13.5. The van der Waals surface area contributed by atoms with Gasteiger partial charge in [-0.25, -0.2) is 4.79 Å². The number of hydrogen-bond donors (Lipinski definition) is 2. The molecule has 9 heteroatoms. The number of nitrogens with zero attached hydrogens (tertiary/aromatic N) is 1. The van der Waals surface area contributed by atoms with Crippen LogP contribution >= 0.6 is 0 Å². The molecule has 2 rings (SSSR count). The van der Waals surface area contributed by atoms with Gasteiger partial charge >= 0.3 is 6.09 Å². The Morgan fingerprint density at radius 1 is 1.11 bits per heavy atom. The van der Waals surface area contributed by atoms with Crippen molar-refractivity contribution < 1.29 is 28.6 Å². The summed E-state index contributed by atoms with van der Waals surface area (Å²) in [5, 5.41) is 5.47. The van der Waals surface area contributed by atoms with Crippen LogP contribution in [0.5, 0.6) is 11.5 Å². The highest BCUT2D eigenvalue weighted by molar-refractivity contribution is 6.01. The molecule has 0 spiro atoms. The van der Waals surface area contributed by atoms with Gasteiger partial charge < -0.3 is 29.7 Å². The zero-order chi connectivity index (χ0) is 20.5. The van der Waals surface area contributed by atoms with Crippen LogP contribution in [0.25, 0.3) is 0 Å². The van der Waals surface area contributed by atoms with Crippen molar-refractivity contribution in [2.24, 2.45) is 0 Å². The fraction of sp³-hybridized carbons (Fsp3) is 0.526. The van der Waals surface area contributed by atoms with Crippen molar-refractivity contribution in [1.29, 1.82) is 0 Å². The highest BCUT2D eigenvalue weighted by Crippen LogP contribution is 2.27. The van der Waals surface area contributed by atoms with Gasteiger partial charge in [-0.1, -0.05) is 6.07 Å². The van der Waals surface area contributed by atoms with E-state index in [0.29, 0.717) is 44.0 Å². The quantitative estimate of drug-likeness (QED) is 0.720. The normalized spacial score (nSPS) is 14.2. The fourth-order valence-electron chi connectivity index (χ4n) is 3.02. The molecule has 1 saturated heterocycles. The highest BCUT2D eigenvalue weighted by atomic mass is 16.6. The Morgan fingerprint density at radius 3 is 2.25 bits per heavy atom. The van der Waals surface area contributed by atoms with E-state index in [1.165, 1.54) is 14.2 Å². The van der Waals surface area contributed by atoms with Crippen molar-refractivity contribution in [3.63, 3.8) is 0 Å². The first-order valence-electron chi connectivity index (χ1n) is 9.20. The Hall–Kier alpha value is -2.97. The Morgan fingerprint density at radius 2 is 1.71 bits per heavy atom. The minimum Gasteiger partial charge on any atom is -0.496 e. The lowest BCUT2D eigenvalue weighted by molar-refractivity contribution is -0.121. The van der Waals surface area contributed by atoms with E-state index in [2.05, 4.69) is 10.6 Å². The molecule has 1 heterocycles. The lowest BCUT2D eigenvalue weighted by atomic mass is 10.1. The highest BCUT2D eigenvalue weighted by Gasteiger charge is 2.25. The summed E-state index contributed by atoms with van der Waals surface area (Å²) < 4.78 is 15.4. The van der Waals surface area contributed by atoms with Crippen LogP contribution in [0.4, 0.5) is 4.79 Å². The number of carbonyl (C=O) groups is 3. The molecular weight excluding hydrogens is 366 g/mol. The zero-order valence-corrected chi connectivity index (χ0v) is 16.4. The van der Waals surface area contributed by atoms with Crippen molar-refractivity contribution in [1.82, 2.24) is 15.5 Å². The van der Waals surface area contributed by atoms with Gasteiger partial charge in [0, 0.05) is 19.1 Å². The van der Waals surface area contributed by atoms with Crippen molar-refractivity contribution >= 4 is 17.9 Å². The molecule has 0 saturated carbocycles. The third kappa shape index (κ3) is 5.51. The smallest absolute Gasteiger partial charge is 0.409 e. The number of benzene rings is 1. The molecule has 0 aliphatic carbocycles. The van der Waals surface area contributed by atoms with Crippen LogP contribution in [-0.4, -0.2) is 69.3 Å². The van der Waals surface area contributed by atoms with E-state index in [0.717, 1.165) is 0 Å². The molecule has 2 N–H and O–H groups in total. The van der Waals surface area contributed by atoms with Crippen LogP contribution in [0.1, 0.15) is 30.1 Å². The molecule has 1 aromatic carbocycles. The number of methoxy groups -OCH3 is 2. The van der Waals surface area contributed by atoms with Crippen LogP contribution in [-0.2, 0) is 9.53 Å². The molecule has 0 bridgehead atoms. The van der Waals surface area contributed by atoms with Crippen LogP contribution in [0.15, 0.2) is 18.2 Å².